The van der Waals surface area contributed by atoms with Gasteiger partial charge in [-0.1, -0.05) is 154 Å². The first-order valence-electron chi connectivity index (χ1n) is 16.4. The summed E-state index contributed by atoms with van der Waals surface area (Å²) >= 11 is 0. The predicted octanol–water partition coefficient (Wildman–Crippen LogP) is 11.2. The minimum atomic E-state index is 0.298. The van der Waals surface area contributed by atoms with Crippen molar-refractivity contribution in [2.45, 2.75) is 142 Å². The summed E-state index contributed by atoms with van der Waals surface area (Å²) in [4.78, 5) is 0. The van der Waals surface area contributed by atoms with Crippen molar-refractivity contribution in [1.82, 2.24) is 0 Å². The number of nitrogens with zero attached hydrogens (tertiary/aromatic N) is 2. The first-order valence-corrected chi connectivity index (χ1v) is 16.4. The van der Waals surface area contributed by atoms with Gasteiger partial charge in [0.25, 0.3) is 0 Å². The van der Waals surface area contributed by atoms with E-state index in [2.05, 4.69) is 26.0 Å². The van der Waals surface area contributed by atoms with Gasteiger partial charge in [0.15, 0.2) is 0 Å². The van der Waals surface area contributed by atoms with Crippen molar-refractivity contribution in [3.8, 4) is 23.6 Å². The van der Waals surface area contributed by atoms with Crippen LogP contribution in [0.25, 0.3) is 10.8 Å². The zero-order valence-electron chi connectivity index (χ0n) is 25.6. The maximum Gasteiger partial charge on any atom is 0.146 e. The molecule has 0 saturated carbocycles. The van der Waals surface area contributed by atoms with Gasteiger partial charge < -0.3 is 9.47 Å². The third-order valence-electron chi connectivity index (χ3n) is 7.83. The van der Waals surface area contributed by atoms with Crippen molar-refractivity contribution in [3.05, 3.63) is 35.4 Å². The zero-order valence-corrected chi connectivity index (χ0v) is 25.6. The molecule has 0 radical (unpaired) electrons. The van der Waals surface area contributed by atoms with Crippen molar-refractivity contribution < 1.29 is 9.47 Å². The van der Waals surface area contributed by atoms with E-state index in [1.165, 1.54) is 103 Å². The van der Waals surface area contributed by atoms with Crippen molar-refractivity contribution >= 4 is 10.8 Å². The van der Waals surface area contributed by atoms with E-state index in [0.717, 1.165) is 36.5 Å². The van der Waals surface area contributed by atoms with Crippen LogP contribution in [0.1, 0.15) is 153 Å². The molecular formula is C36H54N2O2. The second kappa shape index (κ2) is 22.0. The smallest absolute Gasteiger partial charge is 0.146 e. The molecule has 2 aromatic carbocycles. The van der Waals surface area contributed by atoms with Gasteiger partial charge in [-0.3, -0.25) is 0 Å². The van der Waals surface area contributed by atoms with Gasteiger partial charge in [0.05, 0.1) is 13.2 Å². The van der Waals surface area contributed by atoms with Gasteiger partial charge in [-0.25, -0.2) is 0 Å². The minimum Gasteiger partial charge on any atom is -0.491 e. The Balaban J connectivity index is 1.86. The van der Waals surface area contributed by atoms with Crippen LogP contribution in [0.4, 0.5) is 0 Å². The molecule has 0 fully saturated rings. The normalized spacial score (nSPS) is 10.9. The fourth-order valence-corrected chi connectivity index (χ4v) is 5.42. The highest BCUT2D eigenvalue weighted by molar-refractivity contribution is 5.98. The number of ether oxygens (including phenoxy) is 2. The van der Waals surface area contributed by atoms with Gasteiger partial charge in [-0.05, 0) is 12.8 Å². The lowest BCUT2D eigenvalue weighted by Crippen LogP contribution is -2.05. The Bertz CT molecular complexity index is 951. The first kappa shape index (κ1) is 33.5. The van der Waals surface area contributed by atoms with Crippen molar-refractivity contribution in [3.63, 3.8) is 0 Å². The Morgan fingerprint density at radius 3 is 1.07 bits per heavy atom. The zero-order chi connectivity index (χ0) is 28.7. The van der Waals surface area contributed by atoms with E-state index < -0.39 is 0 Å². The fourth-order valence-electron chi connectivity index (χ4n) is 5.42. The maximum atomic E-state index is 10.0. The minimum absolute atomic E-state index is 0.298. The van der Waals surface area contributed by atoms with Crippen LogP contribution in [0.5, 0.6) is 11.5 Å². The molecule has 220 valence electrons. The molecule has 4 heteroatoms. The summed E-state index contributed by atoms with van der Waals surface area (Å²) in [6, 6.07) is 12.4. The number of unbranched alkanes of at least 4 members (excludes halogenated alkanes) is 18. The number of hydrogen-bond acceptors (Lipinski definition) is 4. The lowest BCUT2D eigenvalue weighted by atomic mass is 9.98. The third-order valence-corrected chi connectivity index (χ3v) is 7.83. The van der Waals surface area contributed by atoms with Gasteiger partial charge in [-0.15, -0.1) is 0 Å². The van der Waals surface area contributed by atoms with Crippen LogP contribution in [0.15, 0.2) is 24.3 Å². The topological polar surface area (TPSA) is 66.0 Å². The van der Waals surface area contributed by atoms with Crippen LogP contribution in [0.2, 0.25) is 0 Å². The van der Waals surface area contributed by atoms with E-state index in [1.54, 1.807) is 0 Å². The summed E-state index contributed by atoms with van der Waals surface area (Å²) < 4.78 is 12.4. The second-order valence-corrected chi connectivity index (χ2v) is 11.2. The average Bonchev–Trinajstić information content (AvgIpc) is 2.98. The molecule has 2 aromatic rings. The number of hydrogen-bond donors (Lipinski definition) is 0. The van der Waals surface area contributed by atoms with E-state index in [-0.39, 0.29) is 0 Å². The molecule has 0 unspecified atom stereocenters. The standard InChI is InChI=1S/C36H54N2O2/c1-3-5-7-9-11-13-15-17-19-23-27-39-35-31-25-21-22-26-32(31)36(34(30-38)33(35)29-37)40-28-24-20-18-16-14-12-10-8-6-4-2/h21-22,25-26H,3-20,23-24,27-28H2,1-2H3. The van der Waals surface area contributed by atoms with Gasteiger partial charge >= 0.3 is 0 Å². The van der Waals surface area contributed by atoms with Crippen LogP contribution in [0.3, 0.4) is 0 Å². The highest BCUT2D eigenvalue weighted by Gasteiger charge is 2.21. The summed E-state index contributed by atoms with van der Waals surface area (Å²) in [6.07, 6.45) is 25.3. The largest absolute Gasteiger partial charge is 0.491 e. The monoisotopic (exact) mass is 546 g/mol. The Hall–Kier alpha value is -2.72. The van der Waals surface area contributed by atoms with Crippen LogP contribution >= 0.6 is 0 Å². The molecule has 0 atom stereocenters. The second-order valence-electron chi connectivity index (χ2n) is 11.2. The Kier molecular flexibility index (Phi) is 18.4. The van der Waals surface area contributed by atoms with Crippen LogP contribution in [-0.2, 0) is 0 Å². The quantitative estimate of drug-likeness (QED) is 0.123. The van der Waals surface area contributed by atoms with Crippen LogP contribution in [0, 0.1) is 22.7 Å². The molecule has 0 heterocycles. The molecule has 0 amide bonds. The summed E-state index contributed by atoms with van der Waals surface area (Å²) in [5, 5.41) is 21.7. The van der Waals surface area contributed by atoms with Gasteiger partial charge in [-0.2, -0.15) is 10.5 Å². The predicted molar refractivity (Wildman–Crippen MR) is 168 cm³/mol. The molecular weight excluding hydrogens is 492 g/mol. The lowest BCUT2D eigenvalue weighted by molar-refractivity contribution is 0.300. The number of rotatable bonds is 24. The average molecular weight is 547 g/mol. The molecule has 0 aliphatic heterocycles. The molecule has 0 bridgehead atoms. The highest BCUT2D eigenvalue weighted by atomic mass is 16.5. The molecule has 4 nitrogen and oxygen atoms in total. The van der Waals surface area contributed by atoms with E-state index in [4.69, 9.17) is 9.47 Å². The molecule has 0 aromatic heterocycles. The molecule has 0 spiro atoms. The van der Waals surface area contributed by atoms with Crippen molar-refractivity contribution in [2.24, 2.45) is 0 Å². The van der Waals surface area contributed by atoms with Gasteiger partial charge in [0, 0.05) is 10.8 Å². The molecule has 0 aliphatic carbocycles. The number of benzene rings is 2. The third kappa shape index (κ3) is 12.2. The molecule has 0 aliphatic rings. The van der Waals surface area contributed by atoms with E-state index in [1.807, 2.05) is 24.3 Å². The van der Waals surface area contributed by atoms with Gasteiger partial charge in [0.2, 0.25) is 0 Å². The van der Waals surface area contributed by atoms with E-state index in [0.29, 0.717) is 35.8 Å². The summed E-state index contributed by atoms with van der Waals surface area (Å²) in [7, 11) is 0. The SMILES string of the molecule is CCCCCCCCCCCCOc1c(C#N)c(C#N)c(OCCCCCCCCCCCC)c2ccccc12. The summed E-state index contributed by atoms with van der Waals surface area (Å²) in [5.74, 6) is 1.05. The van der Waals surface area contributed by atoms with Crippen LogP contribution < -0.4 is 9.47 Å². The molecule has 0 saturated heterocycles. The summed E-state index contributed by atoms with van der Waals surface area (Å²) in [5.41, 5.74) is 0.595. The molecule has 2 rings (SSSR count). The fraction of sp³-hybridized carbons (Fsp3) is 0.667. The number of nitriles is 2. The Labute approximate surface area is 245 Å². The van der Waals surface area contributed by atoms with Crippen molar-refractivity contribution in [2.75, 3.05) is 13.2 Å². The highest BCUT2D eigenvalue weighted by Crippen LogP contribution is 2.40. The maximum absolute atomic E-state index is 10.0. The van der Waals surface area contributed by atoms with Crippen LogP contribution in [-0.4, -0.2) is 13.2 Å². The lowest BCUT2D eigenvalue weighted by Gasteiger charge is -2.17. The van der Waals surface area contributed by atoms with E-state index >= 15 is 0 Å². The molecule has 0 N–H and O–H groups in total. The summed E-state index contributed by atoms with van der Waals surface area (Å²) in [6.45, 7) is 5.62. The van der Waals surface area contributed by atoms with Crippen molar-refractivity contribution in [1.29, 1.82) is 10.5 Å². The Morgan fingerprint density at radius 2 is 0.775 bits per heavy atom. The van der Waals surface area contributed by atoms with Gasteiger partial charge in [0.1, 0.15) is 34.8 Å². The molecule has 40 heavy (non-hydrogen) atoms. The van der Waals surface area contributed by atoms with E-state index in [9.17, 15) is 10.5 Å². The first-order chi connectivity index (χ1) is 19.8. The number of fused-ring (bicyclic) bond motifs is 1. The Morgan fingerprint density at radius 1 is 0.475 bits per heavy atom.